The standard InChI is InChI=1S/C10H15N/c1-3-4-5-10-6-7-11-8-9(10)2/h3-5,11H,2,6-8H2,1H3/b4-3-,10-5-. The van der Waals surface area contributed by atoms with Crippen LogP contribution in [0, 0.1) is 0 Å². The lowest BCUT2D eigenvalue weighted by atomic mass is 10.0. The fourth-order valence-electron chi connectivity index (χ4n) is 1.17. The topological polar surface area (TPSA) is 12.0 Å². The summed E-state index contributed by atoms with van der Waals surface area (Å²) in [5, 5.41) is 3.28. The van der Waals surface area contributed by atoms with E-state index in [1.165, 1.54) is 11.1 Å². The second-order valence-corrected chi connectivity index (χ2v) is 2.75. The molecule has 0 aromatic carbocycles. The number of hydrogen-bond donors (Lipinski definition) is 1. The zero-order valence-electron chi connectivity index (χ0n) is 7.06. The fraction of sp³-hybridized carbons (Fsp3) is 0.400. The largest absolute Gasteiger partial charge is 0.312 e. The van der Waals surface area contributed by atoms with E-state index >= 15 is 0 Å². The van der Waals surface area contributed by atoms with Gasteiger partial charge in [0.1, 0.15) is 0 Å². The zero-order chi connectivity index (χ0) is 8.10. The molecule has 1 N–H and O–H groups in total. The van der Waals surface area contributed by atoms with Gasteiger partial charge in [-0.2, -0.15) is 0 Å². The van der Waals surface area contributed by atoms with Gasteiger partial charge in [0.15, 0.2) is 0 Å². The van der Waals surface area contributed by atoms with Gasteiger partial charge in [-0.15, -0.1) is 0 Å². The first-order valence-corrected chi connectivity index (χ1v) is 4.05. The molecule has 60 valence electrons. The summed E-state index contributed by atoms with van der Waals surface area (Å²) in [6.45, 7) is 8.05. The third kappa shape index (κ3) is 2.35. The van der Waals surface area contributed by atoms with E-state index in [-0.39, 0.29) is 0 Å². The SMILES string of the molecule is C=C1CNCC/C1=C/C=C\C. The quantitative estimate of drug-likeness (QED) is 0.601. The van der Waals surface area contributed by atoms with Crippen molar-refractivity contribution in [1.29, 1.82) is 0 Å². The summed E-state index contributed by atoms with van der Waals surface area (Å²) in [7, 11) is 0. The molecule has 0 saturated carbocycles. The monoisotopic (exact) mass is 149 g/mol. The Morgan fingerprint density at radius 1 is 1.55 bits per heavy atom. The highest BCUT2D eigenvalue weighted by Gasteiger charge is 2.06. The Kier molecular flexibility index (Phi) is 3.12. The van der Waals surface area contributed by atoms with Crippen LogP contribution in [0.3, 0.4) is 0 Å². The van der Waals surface area contributed by atoms with Crippen molar-refractivity contribution in [2.24, 2.45) is 0 Å². The van der Waals surface area contributed by atoms with Crippen LogP contribution in [0.15, 0.2) is 36.0 Å². The van der Waals surface area contributed by atoms with Gasteiger partial charge in [0.25, 0.3) is 0 Å². The minimum atomic E-state index is 0.948. The molecule has 0 unspecified atom stereocenters. The number of allylic oxidation sites excluding steroid dienone is 3. The van der Waals surface area contributed by atoms with Gasteiger partial charge in [-0.05, 0) is 31.0 Å². The van der Waals surface area contributed by atoms with Crippen LogP contribution in [0.1, 0.15) is 13.3 Å². The molecule has 11 heavy (non-hydrogen) atoms. The maximum Gasteiger partial charge on any atom is 0.0202 e. The predicted molar refractivity (Wildman–Crippen MR) is 49.5 cm³/mol. The molecule has 0 bridgehead atoms. The highest BCUT2D eigenvalue weighted by Crippen LogP contribution is 2.14. The summed E-state index contributed by atoms with van der Waals surface area (Å²) in [6, 6.07) is 0. The van der Waals surface area contributed by atoms with Gasteiger partial charge < -0.3 is 5.32 Å². The molecule has 1 heterocycles. The van der Waals surface area contributed by atoms with Crippen LogP contribution in [0.2, 0.25) is 0 Å². The van der Waals surface area contributed by atoms with Crippen LogP contribution >= 0.6 is 0 Å². The van der Waals surface area contributed by atoms with Gasteiger partial charge in [-0.1, -0.05) is 24.8 Å². The average Bonchev–Trinajstić information content (AvgIpc) is 2.03. The molecule has 0 spiro atoms. The van der Waals surface area contributed by atoms with E-state index in [0.29, 0.717) is 0 Å². The van der Waals surface area contributed by atoms with Gasteiger partial charge in [0.2, 0.25) is 0 Å². The Balaban J connectivity index is 2.61. The van der Waals surface area contributed by atoms with Gasteiger partial charge in [-0.25, -0.2) is 0 Å². The molecule has 0 amide bonds. The molecular weight excluding hydrogens is 134 g/mol. The molecule has 1 aliphatic rings. The van der Waals surface area contributed by atoms with Crippen molar-refractivity contribution in [2.75, 3.05) is 13.1 Å². The normalized spacial score (nSPS) is 23.4. The van der Waals surface area contributed by atoms with E-state index in [4.69, 9.17) is 0 Å². The van der Waals surface area contributed by atoms with Crippen LogP contribution in [-0.2, 0) is 0 Å². The highest BCUT2D eigenvalue weighted by molar-refractivity contribution is 5.34. The molecule has 0 aromatic rings. The second-order valence-electron chi connectivity index (χ2n) is 2.75. The van der Waals surface area contributed by atoms with Gasteiger partial charge in [0, 0.05) is 6.54 Å². The molecule has 1 saturated heterocycles. The molecule has 1 aliphatic heterocycles. The third-order valence-electron chi connectivity index (χ3n) is 1.85. The fourth-order valence-corrected chi connectivity index (χ4v) is 1.17. The van der Waals surface area contributed by atoms with Crippen molar-refractivity contribution < 1.29 is 0 Å². The molecule has 1 nitrogen and oxygen atoms in total. The smallest absolute Gasteiger partial charge is 0.0202 e. The summed E-state index contributed by atoms with van der Waals surface area (Å²) in [4.78, 5) is 0. The molecule has 1 rings (SSSR count). The van der Waals surface area contributed by atoms with Crippen LogP contribution in [0.5, 0.6) is 0 Å². The van der Waals surface area contributed by atoms with Crippen molar-refractivity contribution in [1.82, 2.24) is 5.32 Å². The van der Waals surface area contributed by atoms with Crippen LogP contribution in [0.4, 0.5) is 0 Å². The molecule has 1 heteroatoms. The number of hydrogen-bond acceptors (Lipinski definition) is 1. The highest BCUT2D eigenvalue weighted by atomic mass is 14.9. The molecule has 0 atom stereocenters. The zero-order valence-corrected chi connectivity index (χ0v) is 7.06. The minimum Gasteiger partial charge on any atom is -0.312 e. The Labute approximate surface area is 68.5 Å². The number of rotatable bonds is 1. The van der Waals surface area contributed by atoms with E-state index in [1.807, 2.05) is 13.0 Å². The van der Waals surface area contributed by atoms with Crippen LogP contribution < -0.4 is 5.32 Å². The van der Waals surface area contributed by atoms with Crippen LogP contribution in [-0.4, -0.2) is 13.1 Å². The first-order chi connectivity index (χ1) is 5.34. The summed E-state index contributed by atoms with van der Waals surface area (Å²) in [5.74, 6) is 0. The molecule has 1 fully saturated rings. The van der Waals surface area contributed by atoms with Crippen molar-refractivity contribution in [3.63, 3.8) is 0 Å². The maximum atomic E-state index is 3.98. The van der Waals surface area contributed by atoms with Crippen molar-refractivity contribution in [3.8, 4) is 0 Å². The lowest BCUT2D eigenvalue weighted by Gasteiger charge is -2.17. The van der Waals surface area contributed by atoms with Crippen molar-refractivity contribution >= 4 is 0 Å². The third-order valence-corrected chi connectivity index (χ3v) is 1.85. The van der Waals surface area contributed by atoms with Gasteiger partial charge >= 0.3 is 0 Å². The lowest BCUT2D eigenvalue weighted by molar-refractivity contribution is 0.684. The van der Waals surface area contributed by atoms with Crippen molar-refractivity contribution in [2.45, 2.75) is 13.3 Å². The molecule has 0 aromatic heterocycles. The minimum absolute atomic E-state index is 0.948. The Morgan fingerprint density at radius 3 is 3.00 bits per heavy atom. The van der Waals surface area contributed by atoms with E-state index < -0.39 is 0 Å². The van der Waals surface area contributed by atoms with Crippen molar-refractivity contribution in [3.05, 3.63) is 36.0 Å². The Hall–Kier alpha value is -0.820. The summed E-state index contributed by atoms with van der Waals surface area (Å²) >= 11 is 0. The van der Waals surface area contributed by atoms with E-state index in [2.05, 4.69) is 24.0 Å². The van der Waals surface area contributed by atoms with Crippen LogP contribution in [0.25, 0.3) is 0 Å². The van der Waals surface area contributed by atoms with Gasteiger partial charge in [0.05, 0.1) is 0 Å². The number of piperidine rings is 1. The van der Waals surface area contributed by atoms with E-state index in [9.17, 15) is 0 Å². The Morgan fingerprint density at radius 2 is 2.36 bits per heavy atom. The molecule has 0 aliphatic carbocycles. The number of nitrogens with one attached hydrogen (secondary N) is 1. The van der Waals surface area contributed by atoms with Gasteiger partial charge in [-0.3, -0.25) is 0 Å². The summed E-state index contributed by atoms with van der Waals surface area (Å²) < 4.78 is 0. The lowest BCUT2D eigenvalue weighted by Crippen LogP contribution is -2.24. The first kappa shape index (κ1) is 8.28. The summed E-state index contributed by atoms with van der Waals surface area (Å²) in [5.41, 5.74) is 2.62. The first-order valence-electron chi connectivity index (χ1n) is 4.05. The molecular formula is C10H15N. The molecule has 0 radical (unpaired) electrons. The predicted octanol–water partition coefficient (Wildman–Crippen LogP) is 2.04. The summed E-state index contributed by atoms with van der Waals surface area (Å²) in [6.07, 6.45) is 7.39. The van der Waals surface area contributed by atoms with E-state index in [0.717, 1.165) is 19.5 Å². The second kappa shape index (κ2) is 4.14. The average molecular weight is 149 g/mol. The maximum absolute atomic E-state index is 3.98. The Bertz CT molecular complexity index is 199. The van der Waals surface area contributed by atoms with E-state index in [1.54, 1.807) is 0 Å².